The van der Waals surface area contributed by atoms with Gasteiger partial charge in [-0.15, -0.1) is 0 Å². The lowest BCUT2D eigenvalue weighted by Crippen LogP contribution is -2.52. The molecule has 9 heteroatoms. The Bertz CT molecular complexity index is 876. The van der Waals surface area contributed by atoms with Crippen molar-refractivity contribution >= 4 is 11.8 Å². The fourth-order valence-electron chi connectivity index (χ4n) is 4.12. The predicted molar refractivity (Wildman–Crippen MR) is 120 cm³/mol. The number of aromatic nitrogens is 2. The van der Waals surface area contributed by atoms with E-state index in [1.54, 1.807) is 0 Å². The highest BCUT2D eigenvalue weighted by molar-refractivity contribution is 5.80. The molecule has 0 aliphatic carbocycles. The molecular formula is C22H33N7O2. The molecule has 9 nitrogen and oxygen atoms in total. The molecule has 2 fully saturated rings. The summed E-state index contributed by atoms with van der Waals surface area (Å²) >= 11 is 0. The minimum atomic E-state index is 0.239. The Hall–Kier alpha value is -2.65. The molecule has 0 bridgehead atoms. The molecule has 2 saturated heterocycles. The lowest BCUT2D eigenvalue weighted by atomic mass is 10.2. The first-order valence-electron chi connectivity index (χ1n) is 11.0. The molecule has 1 N–H and O–H groups in total. The molecule has 0 spiro atoms. The number of morpholine rings is 1. The first-order valence-corrected chi connectivity index (χ1v) is 11.0. The van der Waals surface area contributed by atoms with E-state index in [2.05, 4.69) is 54.2 Å². The summed E-state index contributed by atoms with van der Waals surface area (Å²) in [5.41, 5.74) is 2.20. The molecule has 4 rings (SSSR count). The average Bonchev–Trinajstić information content (AvgIpc) is 3.20. The molecule has 2 aromatic heterocycles. The summed E-state index contributed by atoms with van der Waals surface area (Å²) < 4.78 is 10.8. The van der Waals surface area contributed by atoms with Gasteiger partial charge in [0.15, 0.2) is 5.96 Å². The quantitative estimate of drug-likeness (QED) is 0.568. The maximum atomic E-state index is 5.65. The molecule has 1 atom stereocenters. The van der Waals surface area contributed by atoms with Gasteiger partial charge in [-0.25, -0.2) is 4.98 Å². The lowest BCUT2D eigenvalue weighted by Gasteiger charge is -2.36. The van der Waals surface area contributed by atoms with Gasteiger partial charge >= 0.3 is 0 Å². The van der Waals surface area contributed by atoms with Crippen LogP contribution < -0.4 is 10.2 Å². The standard InChI is InChI=1S/C22H33N7O2/c1-17-12-20(26-31-17)16-27-6-8-28(9-7-27)22(23-3)25-14-19-4-5-24-21(13-19)29-10-11-30-18(2)15-29/h4-5,12-13,18H,6-11,14-16H2,1-3H3,(H,23,25). The second-order valence-corrected chi connectivity index (χ2v) is 8.24. The number of hydrogen-bond donors (Lipinski definition) is 1. The zero-order valence-corrected chi connectivity index (χ0v) is 18.8. The molecule has 168 valence electrons. The smallest absolute Gasteiger partial charge is 0.194 e. The van der Waals surface area contributed by atoms with E-state index in [-0.39, 0.29) is 6.10 Å². The number of ether oxygens (including phenoxy) is 1. The molecule has 0 saturated carbocycles. The summed E-state index contributed by atoms with van der Waals surface area (Å²) in [6.07, 6.45) is 2.13. The minimum Gasteiger partial charge on any atom is -0.375 e. The highest BCUT2D eigenvalue weighted by Crippen LogP contribution is 2.16. The van der Waals surface area contributed by atoms with Crippen molar-refractivity contribution in [2.24, 2.45) is 4.99 Å². The fourth-order valence-corrected chi connectivity index (χ4v) is 4.12. The van der Waals surface area contributed by atoms with Gasteiger partial charge in [0.25, 0.3) is 0 Å². The number of pyridine rings is 1. The van der Waals surface area contributed by atoms with Crippen LogP contribution in [0.15, 0.2) is 33.9 Å². The van der Waals surface area contributed by atoms with Gasteiger partial charge in [0, 0.05) is 71.7 Å². The van der Waals surface area contributed by atoms with E-state index >= 15 is 0 Å². The van der Waals surface area contributed by atoms with Crippen LogP contribution in [0.25, 0.3) is 0 Å². The number of hydrogen-bond acceptors (Lipinski definition) is 7. The molecule has 1 unspecified atom stereocenters. The predicted octanol–water partition coefficient (Wildman–Crippen LogP) is 1.50. The van der Waals surface area contributed by atoms with E-state index in [9.17, 15) is 0 Å². The number of aryl methyl sites for hydroxylation is 1. The van der Waals surface area contributed by atoms with Crippen molar-refractivity contribution in [1.82, 2.24) is 25.3 Å². The number of nitrogens with zero attached hydrogens (tertiary/aromatic N) is 6. The third-order valence-electron chi connectivity index (χ3n) is 5.77. The SMILES string of the molecule is CN=C(NCc1ccnc(N2CCOC(C)C2)c1)N1CCN(Cc2cc(C)on2)CC1. The van der Waals surface area contributed by atoms with Crippen molar-refractivity contribution in [2.45, 2.75) is 33.0 Å². The van der Waals surface area contributed by atoms with Gasteiger partial charge in [0.2, 0.25) is 0 Å². The van der Waals surface area contributed by atoms with Crippen molar-refractivity contribution in [3.63, 3.8) is 0 Å². The second kappa shape index (κ2) is 10.1. The first-order chi connectivity index (χ1) is 15.1. The van der Waals surface area contributed by atoms with Gasteiger partial charge in [-0.05, 0) is 31.5 Å². The third kappa shape index (κ3) is 5.74. The van der Waals surface area contributed by atoms with E-state index in [1.165, 1.54) is 5.56 Å². The molecule has 31 heavy (non-hydrogen) atoms. The van der Waals surface area contributed by atoms with Crippen LogP contribution in [0.2, 0.25) is 0 Å². The molecule has 2 aromatic rings. The molecule has 4 heterocycles. The Morgan fingerprint density at radius 1 is 1.23 bits per heavy atom. The van der Waals surface area contributed by atoms with Gasteiger partial charge in [-0.1, -0.05) is 5.16 Å². The van der Waals surface area contributed by atoms with Gasteiger partial charge in [-0.2, -0.15) is 0 Å². The summed E-state index contributed by atoms with van der Waals surface area (Å²) in [5.74, 6) is 2.82. The number of rotatable bonds is 5. The van der Waals surface area contributed by atoms with E-state index in [0.717, 1.165) is 82.2 Å². The third-order valence-corrected chi connectivity index (χ3v) is 5.77. The molecule has 0 amide bonds. The van der Waals surface area contributed by atoms with E-state index < -0.39 is 0 Å². The van der Waals surface area contributed by atoms with Crippen LogP contribution in [0, 0.1) is 6.92 Å². The zero-order valence-electron chi connectivity index (χ0n) is 18.8. The summed E-state index contributed by atoms with van der Waals surface area (Å²) in [6, 6.07) is 6.23. The van der Waals surface area contributed by atoms with Crippen LogP contribution in [0.4, 0.5) is 5.82 Å². The molecular weight excluding hydrogens is 394 g/mol. The van der Waals surface area contributed by atoms with Crippen molar-refractivity contribution in [2.75, 3.05) is 57.8 Å². The van der Waals surface area contributed by atoms with Crippen molar-refractivity contribution in [3.05, 3.63) is 41.4 Å². The van der Waals surface area contributed by atoms with Crippen LogP contribution in [0.1, 0.15) is 23.9 Å². The topological polar surface area (TPSA) is 82.3 Å². The van der Waals surface area contributed by atoms with Gasteiger partial charge in [-0.3, -0.25) is 9.89 Å². The number of piperazine rings is 1. The highest BCUT2D eigenvalue weighted by Gasteiger charge is 2.21. The Morgan fingerprint density at radius 3 is 2.77 bits per heavy atom. The van der Waals surface area contributed by atoms with E-state index in [0.29, 0.717) is 0 Å². The monoisotopic (exact) mass is 427 g/mol. The summed E-state index contributed by atoms with van der Waals surface area (Å²) in [7, 11) is 1.85. The Kier molecular flexibility index (Phi) is 7.03. The van der Waals surface area contributed by atoms with Crippen LogP contribution in [0.5, 0.6) is 0 Å². The van der Waals surface area contributed by atoms with Crippen molar-refractivity contribution < 1.29 is 9.26 Å². The fraction of sp³-hybridized carbons (Fsp3) is 0.591. The number of nitrogens with one attached hydrogen (secondary N) is 1. The Balaban J connectivity index is 1.27. The number of guanidine groups is 1. The molecule has 2 aliphatic heterocycles. The maximum Gasteiger partial charge on any atom is 0.194 e. The van der Waals surface area contributed by atoms with Crippen LogP contribution in [-0.4, -0.2) is 84.9 Å². The normalized spacial score (nSPS) is 20.9. The highest BCUT2D eigenvalue weighted by atomic mass is 16.5. The zero-order chi connectivity index (χ0) is 21.6. The lowest BCUT2D eigenvalue weighted by molar-refractivity contribution is 0.0529. The number of anilines is 1. The molecule has 0 radical (unpaired) electrons. The molecule has 0 aromatic carbocycles. The van der Waals surface area contributed by atoms with E-state index in [1.807, 2.05) is 26.2 Å². The Morgan fingerprint density at radius 2 is 2.06 bits per heavy atom. The first kappa shape index (κ1) is 21.6. The van der Waals surface area contributed by atoms with Gasteiger partial charge < -0.3 is 24.4 Å². The average molecular weight is 428 g/mol. The van der Waals surface area contributed by atoms with Gasteiger partial charge in [0.05, 0.1) is 18.4 Å². The summed E-state index contributed by atoms with van der Waals surface area (Å²) in [5, 5.41) is 7.63. The van der Waals surface area contributed by atoms with Crippen LogP contribution >= 0.6 is 0 Å². The van der Waals surface area contributed by atoms with Crippen LogP contribution in [0.3, 0.4) is 0 Å². The second-order valence-electron chi connectivity index (χ2n) is 8.24. The van der Waals surface area contributed by atoms with Gasteiger partial charge in [0.1, 0.15) is 11.6 Å². The minimum absolute atomic E-state index is 0.239. The van der Waals surface area contributed by atoms with E-state index in [4.69, 9.17) is 9.26 Å². The maximum absolute atomic E-state index is 5.65. The summed E-state index contributed by atoms with van der Waals surface area (Å²) in [4.78, 5) is 16.1. The molecule has 2 aliphatic rings. The largest absolute Gasteiger partial charge is 0.375 e. The van der Waals surface area contributed by atoms with Crippen molar-refractivity contribution in [1.29, 1.82) is 0 Å². The summed E-state index contributed by atoms with van der Waals surface area (Å²) in [6.45, 7) is 11.9. The number of aliphatic imine (C=N–C) groups is 1. The Labute approximate surface area is 184 Å². The van der Waals surface area contributed by atoms with Crippen molar-refractivity contribution in [3.8, 4) is 0 Å². The van der Waals surface area contributed by atoms with Crippen LogP contribution in [-0.2, 0) is 17.8 Å².